The molecule has 0 unspecified atom stereocenters. The molecular formula is C12H19N3O. The van der Waals surface area contributed by atoms with Crippen LogP contribution in [0.5, 0.6) is 0 Å². The molecule has 2 rings (SSSR count). The molecule has 1 aliphatic heterocycles. The number of anilines is 1. The highest BCUT2D eigenvalue weighted by molar-refractivity contribution is 5.34. The first-order valence-electron chi connectivity index (χ1n) is 5.71. The number of morpholine rings is 1. The van der Waals surface area contributed by atoms with Gasteiger partial charge in [0.05, 0.1) is 29.8 Å². The Hall–Kier alpha value is -1.13. The van der Waals surface area contributed by atoms with E-state index in [9.17, 15) is 0 Å². The smallest absolute Gasteiger partial charge is 0.0678 e. The van der Waals surface area contributed by atoms with Gasteiger partial charge in [0.25, 0.3) is 0 Å². The zero-order valence-corrected chi connectivity index (χ0v) is 9.89. The summed E-state index contributed by atoms with van der Waals surface area (Å²) in [5.74, 6) is 0. The van der Waals surface area contributed by atoms with Gasteiger partial charge in [-0.25, -0.2) is 0 Å². The predicted molar refractivity (Wildman–Crippen MR) is 63.9 cm³/mol. The van der Waals surface area contributed by atoms with Crippen LogP contribution in [0.25, 0.3) is 0 Å². The molecule has 0 radical (unpaired) electrons. The SMILES string of the molecule is C[C@@H]1CN(Cc2ccc(N)cn2)C[C@H](C)O1. The molecule has 2 N–H and O–H groups in total. The number of nitrogens with zero attached hydrogens (tertiary/aromatic N) is 2. The van der Waals surface area contributed by atoms with Gasteiger partial charge in [-0.05, 0) is 26.0 Å². The maximum Gasteiger partial charge on any atom is 0.0678 e. The van der Waals surface area contributed by atoms with Crippen molar-refractivity contribution in [2.75, 3.05) is 18.8 Å². The Kier molecular flexibility index (Phi) is 3.41. The Morgan fingerprint density at radius 3 is 2.62 bits per heavy atom. The van der Waals surface area contributed by atoms with E-state index in [0.717, 1.165) is 25.3 Å². The summed E-state index contributed by atoms with van der Waals surface area (Å²) in [5.41, 5.74) is 7.39. The summed E-state index contributed by atoms with van der Waals surface area (Å²) in [5, 5.41) is 0. The number of aromatic nitrogens is 1. The summed E-state index contributed by atoms with van der Waals surface area (Å²) in [4.78, 5) is 6.69. The topological polar surface area (TPSA) is 51.4 Å². The quantitative estimate of drug-likeness (QED) is 0.817. The number of nitrogens with two attached hydrogens (primary N) is 1. The van der Waals surface area contributed by atoms with Crippen molar-refractivity contribution in [1.29, 1.82) is 0 Å². The van der Waals surface area contributed by atoms with Crippen LogP contribution < -0.4 is 5.73 Å². The van der Waals surface area contributed by atoms with Crippen molar-refractivity contribution in [3.05, 3.63) is 24.0 Å². The fourth-order valence-electron chi connectivity index (χ4n) is 2.17. The fraction of sp³-hybridized carbons (Fsp3) is 0.583. The molecule has 1 saturated heterocycles. The second-order valence-corrected chi connectivity index (χ2v) is 4.53. The summed E-state index contributed by atoms with van der Waals surface area (Å²) in [7, 11) is 0. The lowest BCUT2D eigenvalue weighted by Crippen LogP contribution is -2.44. The van der Waals surface area contributed by atoms with Crippen molar-refractivity contribution in [2.24, 2.45) is 0 Å². The third kappa shape index (κ3) is 2.93. The van der Waals surface area contributed by atoms with Gasteiger partial charge in [-0.1, -0.05) is 0 Å². The molecule has 4 heteroatoms. The number of nitrogen functional groups attached to an aromatic ring is 1. The van der Waals surface area contributed by atoms with Gasteiger partial charge in [0, 0.05) is 19.6 Å². The minimum atomic E-state index is 0.303. The third-order valence-electron chi connectivity index (χ3n) is 2.73. The molecule has 1 aliphatic rings. The Balaban J connectivity index is 1.96. The molecule has 0 bridgehead atoms. The molecular weight excluding hydrogens is 202 g/mol. The minimum absolute atomic E-state index is 0.303. The van der Waals surface area contributed by atoms with Crippen LogP contribution in [-0.2, 0) is 11.3 Å². The van der Waals surface area contributed by atoms with E-state index in [2.05, 4.69) is 23.7 Å². The van der Waals surface area contributed by atoms with E-state index in [1.807, 2.05) is 12.1 Å². The van der Waals surface area contributed by atoms with E-state index < -0.39 is 0 Å². The van der Waals surface area contributed by atoms with Crippen molar-refractivity contribution in [2.45, 2.75) is 32.6 Å². The first-order valence-corrected chi connectivity index (χ1v) is 5.71. The molecule has 2 atom stereocenters. The molecule has 0 saturated carbocycles. The Labute approximate surface area is 96.4 Å². The molecule has 88 valence electrons. The Morgan fingerprint density at radius 1 is 1.38 bits per heavy atom. The molecule has 2 heterocycles. The summed E-state index contributed by atoms with van der Waals surface area (Å²) in [6.07, 6.45) is 2.32. The summed E-state index contributed by atoms with van der Waals surface area (Å²) in [6, 6.07) is 3.88. The van der Waals surface area contributed by atoms with E-state index in [-0.39, 0.29) is 0 Å². The summed E-state index contributed by atoms with van der Waals surface area (Å²) < 4.78 is 5.69. The standard InChI is InChI=1S/C12H19N3O/c1-9-6-15(7-10(2)16-9)8-12-4-3-11(13)5-14-12/h3-5,9-10H,6-8,13H2,1-2H3/t9-,10+. The lowest BCUT2D eigenvalue weighted by Gasteiger charge is -2.35. The second kappa shape index (κ2) is 4.80. The highest BCUT2D eigenvalue weighted by Gasteiger charge is 2.22. The van der Waals surface area contributed by atoms with Gasteiger partial charge in [0.2, 0.25) is 0 Å². The van der Waals surface area contributed by atoms with Crippen LogP contribution in [0, 0.1) is 0 Å². The molecule has 1 fully saturated rings. The van der Waals surface area contributed by atoms with Gasteiger partial charge in [0.15, 0.2) is 0 Å². The zero-order chi connectivity index (χ0) is 11.5. The van der Waals surface area contributed by atoms with Gasteiger partial charge >= 0.3 is 0 Å². The van der Waals surface area contributed by atoms with E-state index in [1.165, 1.54) is 0 Å². The van der Waals surface area contributed by atoms with Gasteiger partial charge in [0.1, 0.15) is 0 Å². The zero-order valence-electron chi connectivity index (χ0n) is 9.89. The van der Waals surface area contributed by atoms with E-state index in [0.29, 0.717) is 17.9 Å². The largest absolute Gasteiger partial charge is 0.397 e. The molecule has 4 nitrogen and oxygen atoms in total. The average Bonchev–Trinajstić information content (AvgIpc) is 2.20. The van der Waals surface area contributed by atoms with Gasteiger partial charge in [-0.15, -0.1) is 0 Å². The van der Waals surface area contributed by atoms with Crippen LogP contribution in [0.2, 0.25) is 0 Å². The molecule has 1 aromatic rings. The molecule has 1 aromatic heterocycles. The van der Waals surface area contributed by atoms with E-state index in [1.54, 1.807) is 6.20 Å². The van der Waals surface area contributed by atoms with Crippen molar-refractivity contribution in [3.8, 4) is 0 Å². The lowest BCUT2D eigenvalue weighted by atomic mass is 10.2. The number of hydrogen-bond donors (Lipinski definition) is 1. The average molecular weight is 221 g/mol. The monoisotopic (exact) mass is 221 g/mol. The maximum absolute atomic E-state index is 5.69. The number of rotatable bonds is 2. The van der Waals surface area contributed by atoms with Crippen LogP contribution in [0.4, 0.5) is 5.69 Å². The highest BCUT2D eigenvalue weighted by Crippen LogP contribution is 2.13. The molecule has 0 spiro atoms. The maximum atomic E-state index is 5.69. The fourth-order valence-corrected chi connectivity index (χ4v) is 2.17. The van der Waals surface area contributed by atoms with Gasteiger partial charge < -0.3 is 10.5 Å². The molecule has 0 amide bonds. The Morgan fingerprint density at radius 2 is 2.06 bits per heavy atom. The van der Waals surface area contributed by atoms with Crippen molar-refractivity contribution in [3.63, 3.8) is 0 Å². The summed E-state index contributed by atoms with van der Waals surface area (Å²) in [6.45, 7) is 7.03. The van der Waals surface area contributed by atoms with Crippen molar-refractivity contribution in [1.82, 2.24) is 9.88 Å². The van der Waals surface area contributed by atoms with Crippen LogP contribution in [0.15, 0.2) is 18.3 Å². The molecule has 0 aliphatic carbocycles. The van der Waals surface area contributed by atoms with Crippen molar-refractivity contribution >= 4 is 5.69 Å². The molecule has 0 aromatic carbocycles. The minimum Gasteiger partial charge on any atom is -0.397 e. The first-order chi connectivity index (χ1) is 7.63. The highest BCUT2D eigenvalue weighted by atomic mass is 16.5. The van der Waals surface area contributed by atoms with Gasteiger partial charge in [-0.2, -0.15) is 0 Å². The Bertz CT molecular complexity index is 329. The van der Waals surface area contributed by atoms with Crippen LogP contribution in [0.1, 0.15) is 19.5 Å². The van der Waals surface area contributed by atoms with E-state index >= 15 is 0 Å². The number of pyridine rings is 1. The van der Waals surface area contributed by atoms with E-state index in [4.69, 9.17) is 10.5 Å². The normalized spacial score (nSPS) is 26.9. The van der Waals surface area contributed by atoms with Crippen LogP contribution in [0.3, 0.4) is 0 Å². The third-order valence-corrected chi connectivity index (χ3v) is 2.73. The van der Waals surface area contributed by atoms with Crippen molar-refractivity contribution < 1.29 is 4.74 Å². The van der Waals surface area contributed by atoms with Crippen LogP contribution in [-0.4, -0.2) is 35.2 Å². The predicted octanol–water partition coefficient (Wildman–Crippen LogP) is 1.27. The number of hydrogen-bond acceptors (Lipinski definition) is 4. The first kappa shape index (κ1) is 11.4. The van der Waals surface area contributed by atoms with Crippen LogP contribution >= 0.6 is 0 Å². The van der Waals surface area contributed by atoms with Gasteiger partial charge in [-0.3, -0.25) is 9.88 Å². The lowest BCUT2D eigenvalue weighted by molar-refractivity contribution is -0.0707. The number of ether oxygens (including phenoxy) is 1. The molecule has 16 heavy (non-hydrogen) atoms. The second-order valence-electron chi connectivity index (χ2n) is 4.53. The summed E-state index contributed by atoms with van der Waals surface area (Å²) >= 11 is 0.